The number of benzene rings is 2. The summed E-state index contributed by atoms with van der Waals surface area (Å²) < 4.78 is 53.8. The Morgan fingerprint density at radius 3 is 2.41 bits per heavy atom. The highest BCUT2D eigenvalue weighted by Gasteiger charge is 2.27. The van der Waals surface area contributed by atoms with Gasteiger partial charge >= 0.3 is 0 Å². The zero-order valence-corrected chi connectivity index (χ0v) is 17.1. The first-order chi connectivity index (χ1) is 14.0. The van der Waals surface area contributed by atoms with Gasteiger partial charge in [-0.15, -0.1) is 0 Å². The zero-order valence-electron chi connectivity index (χ0n) is 17.1. The van der Waals surface area contributed by atoms with E-state index in [-0.39, 0.29) is 23.6 Å². The van der Waals surface area contributed by atoms with Crippen molar-refractivity contribution >= 4 is 0 Å². The molecule has 0 radical (unpaired) electrons. The monoisotopic (exact) mass is 406 g/mol. The van der Waals surface area contributed by atoms with Gasteiger partial charge in [-0.1, -0.05) is 31.5 Å². The average Bonchev–Trinajstić information content (AvgIpc) is 2.73. The number of aryl methyl sites for hydroxylation is 1. The molecule has 1 fully saturated rings. The van der Waals surface area contributed by atoms with Gasteiger partial charge in [-0.05, 0) is 73.8 Å². The molecule has 0 aromatic heterocycles. The van der Waals surface area contributed by atoms with Crippen LogP contribution in [0.2, 0.25) is 0 Å². The van der Waals surface area contributed by atoms with E-state index in [1.54, 1.807) is 19.1 Å². The highest BCUT2D eigenvalue weighted by Crippen LogP contribution is 2.37. The zero-order chi connectivity index (χ0) is 20.8. The summed E-state index contributed by atoms with van der Waals surface area (Å²) in [5, 5.41) is 0. The predicted molar refractivity (Wildman–Crippen MR) is 108 cm³/mol. The van der Waals surface area contributed by atoms with E-state index in [1.165, 1.54) is 12.1 Å². The molecule has 0 saturated heterocycles. The minimum atomic E-state index is -0.890. The van der Waals surface area contributed by atoms with Crippen molar-refractivity contribution in [3.05, 3.63) is 64.5 Å². The van der Waals surface area contributed by atoms with E-state index in [4.69, 9.17) is 9.47 Å². The fourth-order valence-electron chi connectivity index (χ4n) is 3.78. The quantitative estimate of drug-likeness (QED) is 0.447. The van der Waals surface area contributed by atoms with Gasteiger partial charge in [0.1, 0.15) is 5.82 Å². The fourth-order valence-corrected chi connectivity index (χ4v) is 3.78. The largest absolute Gasteiger partial charge is 0.490 e. The van der Waals surface area contributed by atoms with Crippen molar-refractivity contribution in [3.8, 4) is 5.75 Å². The van der Waals surface area contributed by atoms with Crippen molar-refractivity contribution < 1.29 is 22.6 Å². The molecule has 29 heavy (non-hydrogen) atoms. The van der Waals surface area contributed by atoms with Crippen LogP contribution in [0.3, 0.4) is 0 Å². The summed E-state index contributed by atoms with van der Waals surface area (Å²) in [6.07, 6.45) is 4.82. The van der Waals surface area contributed by atoms with Crippen molar-refractivity contribution in [2.75, 3.05) is 6.61 Å². The Hall–Kier alpha value is -2.01. The maximum Gasteiger partial charge on any atom is 0.200 e. The van der Waals surface area contributed by atoms with Crippen LogP contribution in [0.5, 0.6) is 5.75 Å². The molecule has 0 amide bonds. The number of unbranched alkanes of at least 4 members (excludes halogenated alkanes) is 1. The number of hydrogen-bond acceptors (Lipinski definition) is 2. The Morgan fingerprint density at radius 1 is 0.966 bits per heavy atom. The molecule has 1 aliphatic rings. The summed E-state index contributed by atoms with van der Waals surface area (Å²) in [4.78, 5) is 0. The van der Waals surface area contributed by atoms with E-state index < -0.39 is 11.6 Å². The lowest BCUT2D eigenvalue weighted by Gasteiger charge is -2.29. The highest BCUT2D eigenvalue weighted by molar-refractivity contribution is 5.33. The molecule has 0 atom stereocenters. The highest BCUT2D eigenvalue weighted by atomic mass is 19.2. The van der Waals surface area contributed by atoms with Gasteiger partial charge in [0.05, 0.1) is 19.3 Å². The maximum atomic E-state index is 14.6. The number of halogens is 3. The van der Waals surface area contributed by atoms with Gasteiger partial charge in [0.2, 0.25) is 5.82 Å². The van der Waals surface area contributed by atoms with Crippen LogP contribution < -0.4 is 4.74 Å². The molecule has 1 aliphatic carbocycles. The lowest BCUT2D eigenvalue weighted by Crippen LogP contribution is -2.21. The number of ether oxygens (including phenoxy) is 2. The Labute approximate surface area is 171 Å². The molecule has 158 valence electrons. The van der Waals surface area contributed by atoms with Crippen LogP contribution in [-0.2, 0) is 11.3 Å². The molecule has 2 nitrogen and oxygen atoms in total. The lowest BCUT2D eigenvalue weighted by molar-refractivity contribution is 0.0130. The standard InChI is InChI=1S/C24H29F3O2/c1-3-4-13-28-22-12-11-20(23(26)24(22)27)18-7-9-19(10-8-18)29-15-17-6-5-16(2)21(25)14-17/h5-6,11-12,14,18-19H,3-4,7-10,13,15H2,1-2H3. The average molecular weight is 406 g/mol. The van der Waals surface area contributed by atoms with Gasteiger partial charge in [0.15, 0.2) is 11.6 Å². The summed E-state index contributed by atoms with van der Waals surface area (Å²) in [5.74, 6) is -1.95. The molecule has 0 N–H and O–H groups in total. The van der Waals surface area contributed by atoms with Crippen molar-refractivity contribution in [3.63, 3.8) is 0 Å². The van der Waals surface area contributed by atoms with E-state index in [9.17, 15) is 13.2 Å². The van der Waals surface area contributed by atoms with Crippen molar-refractivity contribution in [2.24, 2.45) is 0 Å². The smallest absolute Gasteiger partial charge is 0.200 e. The van der Waals surface area contributed by atoms with Crippen LogP contribution in [0.25, 0.3) is 0 Å². The van der Waals surface area contributed by atoms with Crippen molar-refractivity contribution in [1.29, 1.82) is 0 Å². The minimum absolute atomic E-state index is 0.0120. The van der Waals surface area contributed by atoms with E-state index in [1.807, 2.05) is 13.0 Å². The maximum absolute atomic E-state index is 14.6. The van der Waals surface area contributed by atoms with Crippen LogP contribution in [-0.4, -0.2) is 12.7 Å². The van der Waals surface area contributed by atoms with Crippen LogP contribution in [0.4, 0.5) is 13.2 Å². The molecule has 1 saturated carbocycles. The Morgan fingerprint density at radius 2 is 1.72 bits per heavy atom. The third-order valence-corrected chi connectivity index (χ3v) is 5.67. The molecule has 0 unspecified atom stereocenters. The van der Waals surface area contributed by atoms with E-state index in [0.717, 1.165) is 44.1 Å². The van der Waals surface area contributed by atoms with Crippen LogP contribution in [0.15, 0.2) is 30.3 Å². The summed E-state index contributed by atoms with van der Waals surface area (Å²) in [6.45, 7) is 4.49. The second-order valence-corrected chi connectivity index (χ2v) is 7.85. The van der Waals surface area contributed by atoms with Crippen LogP contribution in [0, 0.1) is 24.4 Å². The van der Waals surface area contributed by atoms with Gasteiger partial charge in [-0.2, -0.15) is 4.39 Å². The van der Waals surface area contributed by atoms with Crippen LogP contribution >= 0.6 is 0 Å². The molecule has 0 heterocycles. The second-order valence-electron chi connectivity index (χ2n) is 7.85. The topological polar surface area (TPSA) is 18.5 Å². The SMILES string of the molecule is CCCCOc1ccc(C2CCC(OCc3ccc(C)c(F)c3)CC2)c(F)c1F. The first kappa shape index (κ1) is 21.7. The van der Waals surface area contributed by atoms with Gasteiger partial charge in [0, 0.05) is 0 Å². The van der Waals surface area contributed by atoms with Gasteiger partial charge in [-0.25, -0.2) is 8.78 Å². The Bertz CT molecular complexity index is 814. The van der Waals surface area contributed by atoms with Crippen molar-refractivity contribution in [1.82, 2.24) is 0 Å². The van der Waals surface area contributed by atoms with E-state index >= 15 is 0 Å². The summed E-state index contributed by atoms with van der Waals surface area (Å²) in [7, 11) is 0. The molecule has 3 rings (SSSR count). The van der Waals surface area contributed by atoms with Gasteiger partial charge in [0.25, 0.3) is 0 Å². The molecule has 0 spiro atoms. The molecule has 5 heteroatoms. The normalized spacial score (nSPS) is 19.3. The minimum Gasteiger partial charge on any atom is -0.490 e. The molecular formula is C24H29F3O2. The van der Waals surface area contributed by atoms with Gasteiger partial charge < -0.3 is 9.47 Å². The summed E-state index contributed by atoms with van der Waals surface area (Å²) in [6, 6.07) is 8.31. The molecule has 2 aromatic rings. The predicted octanol–water partition coefficient (Wildman–Crippen LogP) is 6.83. The Kier molecular flexibility index (Phi) is 7.59. The second kappa shape index (κ2) is 10.1. The first-order valence-corrected chi connectivity index (χ1v) is 10.5. The molecule has 2 aromatic carbocycles. The van der Waals surface area contributed by atoms with Crippen LogP contribution in [0.1, 0.15) is 68.1 Å². The Balaban J connectivity index is 1.53. The van der Waals surface area contributed by atoms with Gasteiger partial charge in [-0.3, -0.25) is 0 Å². The summed E-state index contributed by atoms with van der Waals surface area (Å²) in [5.41, 5.74) is 1.84. The molecule has 0 bridgehead atoms. The summed E-state index contributed by atoms with van der Waals surface area (Å²) >= 11 is 0. The van der Waals surface area contributed by atoms with E-state index in [0.29, 0.717) is 24.3 Å². The lowest BCUT2D eigenvalue weighted by atomic mass is 9.82. The fraction of sp³-hybridized carbons (Fsp3) is 0.500. The molecule has 0 aliphatic heterocycles. The van der Waals surface area contributed by atoms with Crippen molar-refractivity contribution in [2.45, 2.75) is 71.0 Å². The third-order valence-electron chi connectivity index (χ3n) is 5.67. The third kappa shape index (κ3) is 5.53. The number of rotatable bonds is 8. The number of hydrogen-bond donors (Lipinski definition) is 0. The first-order valence-electron chi connectivity index (χ1n) is 10.5. The van der Waals surface area contributed by atoms with E-state index in [2.05, 4.69) is 0 Å². The molecular weight excluding hydrogens is 377 g/mol.